The van der Waals surface area contributed by atoms with Crippen LogP contribution in [0.2, 0.25) is 0 Å². The Bertz CT molecular complexity index is 282. The molecule has 0 saturated carbocycles. The smallest absolute Gasteiger partial charge is 0.230 e. The molecule has 0 N–H and O–H groups in total. The van der Waals surface area contributed by atoms with Crippen LogP contribution in [0, 0.1) is 5.41 Å². The zero-order chi connectivity index (χ0) is 10.9. The van der Waals surface area contributed by atoms with Crippen molar-refractivity contribution in [3.8, 4) is 0 Å². The summed E-state index contributed by atoms with van der Waals surface area (Å²) in [6, 6.07) is 0. The van der Waals surface area contributed by atoms with Crippen molar-refractivity contribution in [3.63, 3.8) is 0 Å². The van der Waals surface area contributed by atoms with Crippen molar-refractivity contribution in [3.05, 3.63) is 0 Å². The molecule has 84 valence electrons. The molecule has 0 atom stereocenters. The highest BCUT2D eigenvalue weighted by atomic mass is 16.5. The summed E-state index contributed by atoms with van der Waals surface area (Å²) in [6.45, 7) is 4.74. The van der Waals surface area contributed by atoms with Crippen molar-refractivity contribution in [1.29, 1.82) is 0 Å². The number of carbonyl (C=O) groups excluding carboxylic acids is 2. The highest BCUT2D eigenvalue weighted by Crippen LogP contribution is 2.31. The summed E-state index contributed by atoms with van der Waals surface area (Å²) in [5.41, 5.74) is 0.137. The lowest BCUT2D eigenvalue weighted by Gasteiger charge is -2.36. The van der Waals surface area contributed by atoms with Gasteiger partial charge in [-0.15, -0.1) is 0 Å². The lowest BCUT2D eigenvalue weighted by Crippen LogP contribution is -2.40. The van der Waals surface area contributed by atoms with E-state index in [2.05, 4.69) is 6.92 Å². The van der Waals surface area contributed by atoms with Crippen molar-refractivity contribution >= 4 is 11.7 Å². The molecular formula is C11H17NO3. The first kappa shape index (κ1) is 10.6. The Morgan fingerprint density at radius 2 is 2.00 bits per heavy atom. The van der Waals surface area contributed by atoms with Gasteiger partial charge in [-0.25, -0.2) is 0 Å². The molecule has 4 nitrogen and oxygen atoms in total. The fraction of sp³-hybridized carbons (Fsp3) is 0.818. The third-order valence-electron chi connectivity index (χ3n) is 3.34. The van der Waals surface area contributed by atoms with Gasteiger partial charge in [0, 0.05) is 19.8 Å². The number of likely N-dealkylation sites (tertiary alicyclic amines) is 1. The number of amides is 1. The molecule has 0 aromatic rings. The molecular weight excluding hydrogens is 194 g/mol. The van der Waals surface area contributed by atoms with Crippen molar-refractivity contribution in [2.45, 2.75) is 26.2 Å². The second-order valence-electron chi connectivity index (χ2n) is 4.89. The number of hydrogen-bond acceptors (Lipinski definition) is 3. The van der Waals surface area contributed by atoms with Crippen LogP contribution < -0.4 is 0 Å². The van der Waals surface area contributed by atoms with Crippen LogP contribution in [0.25, 0.3) is 0 Å². The first-order chi connectivity index (χ1) is 7.09. The zero-order valence-corrected chi connectivity index (χ0v) is 9.12. The van der Waals surface area contributed by atoms with Crippen LogP contribution in [-0.4, -0.2) is 42.9 Å². The molecule has 1 amide bonds. The molecule has 0 radical (unpaired) electrons. The Morgan fingerprint density at radius 3 is 2.53 bits per heavy atom. The highest BCUT2D eigenvalue weighted by molar-refractivity contribution is 6.05. The topological polar surface area (TPSA) is 46.6 Å². The van der Waals surface area contributed by atoms with Gasteiger partial charge >= 0.3 is 0 Å². The standard InChI is InChI=1S/C11H17NO3/c1-11(2-4-15-5-3-11)8-12-7-9(13)6-10(12)14/h2-8H2,1H3. The molecule has 2 rings (SSSR count). The third-order valence-corrected chi connectivity index (χ3v) is 3.34. The van der Waals surface area contributed by atoms with Gasteiger partial charge in [-0.1, -0.05) is 6.92 Å². The van der Waals surface area contributed by atoms with Crippen molar-refractivity contribution in [1.82, 2.24) is 4.90 Å². The Kier molecular flexibility index (Phi) is 2.78. The monoisotopic (exact) mass is 211 g/mol. The van der Waals surface area contributed by atoms with E-state index in [-0.39, 0.29) is 23.5 Å². The molecule has 2 aliphatic heterocycles. The fourth-order valence-electron chi connectivity index (χ4n) is 2.26. The van der Waals surface area contributed by atoms with Gasteiger partial charge in [0.2, 0.25) is 5.91 Å². The van der Waals surface area contributed by atoms with Gasteiger partial charge in [-0.05, 0) is 18.3 Å². The molecule has 0 aromatic heterocycles. The van der Waals surface area contributed by atoms with E-state index in [1.54, 1.807) is 4.90 Å². The summed E-state index contributed by atoms with van der Waals surface area (Å²) in [6.07, 6.45) is 2.06. The van der Waals surface area contributed by atoms with Crippen LogP contribution in [0.1, 0.15) is 26.2 Å². The quantitative estimate of drug-likeness (QED) is 0.628. The largest absolute Gasteiger partial charge is 0.381 e. The molecule has 0 unspecified atom stereocenters. The van der Waals surface area contributed by atoms with Crippen LogP contribution in [0.5, 0.6) is 0 Å². The maximum Gasteiger partial charge on any atom is 0.230 e. The average molecular weight is 211 g/mol. The van der Waals surface area contributed by atoms with E-state index in [4.69, 9.17) is 4.74 Å². The van der Waals surface area contributed by atoms with Gasteiger partial charge in [0.1, 0.15) is 0 Å². The molecule has 2 heterocycles. The molecule has 0 aromatic carbocycles. The van der Waals surface area contributed by atoms with E-state index in [9.17, 15) is 9.59 Å². The minimum Gasteiger partial charge on any atom is -0.381 e. The Balaban J connectivity index is 1.95. The molecule has 2 saturated heterocycles. The number of nitrogens with zero attached hydrogens (tertiary/aromatic N) is 1. The molecule has 4 heteroatoms. The lowest BCUT2D eigenvalue weighted by atomic mass is 9.82. The maximum atomic E-state index is 11.5. The summed E-state index contributed by atoms with van der Waals surface area (Å²) in [5, 5.41) is 0. The highest BCUT2D eigenvalue weighted by Gasteiger charge is 2.35. The SMILES string of the molecule is CC1(CN2CC(=O)CC2=O)CCOCC1. The second kappa shape index (κ2) is 3.93. The third kappa shape index (κ3) is 2.37. The van der Waals surface area contributed by atoms with Crippen LogP contribution in [0.15, 0.2) is 0 Å². The molecule has 2 aliphatic rings. The van der Waals surface area contributed by atoms with Crippen LogP contribution >= 0.6 is 0 Å². The Labute approximate surface area is 89.6 Å². The van der Waals surface area contributed by atoms with E-state index >= 15 is 0 Å². The summed E-state index contributed by atoms with van der Waals surface area (Å²) in [4.78, 5) is 24.3. The maximum absolute atomic E-state index is 11.5. The summed E-state index contributed by atoms with van der Waals surface area (Å²) < 4.78 is 5.31. The minimum absolute atomic E-state index is 0.00674. The van der Waals surface area contributed by atoms with Crippen molar-refractivity contribution < 1.29 is 14.3 Å². The number of hydrogen-bond donors (Lipinski definition) is 0. The van der Waals surface area contributed by atoms with E-state index in [1.807, 2.05) is 0 Å². The normalized spacial score (nSPS) is 26.1. The predicted molar refractivity (Wildman–Crippen MR) is 54.4 cm³/mol. The van der Waals surface area contributed by atoms with Gasteiger partial charge in [0.25, 0.3) is 0 Å². The van der Waals surface area contributed by atoms with E-state index < -0.39 is 0 Å². The lowest BCUT2D eigenvalue weighted by molar-refractivity contribution is -0.130. The summed E-state index contributed by atoms with van der Waals surface area (Å²) in [5.74, 6) is 0.0448. The van der Waals surface area contributed by atoms with Gasteiger partial charge in [-0.2, -0.15) is 0 Å². The summed E-state index contributed by atoms with van der Waals surface area (Å²) in [7, 11) is 0. The molecule has 0 bridgehead atoms. The van der Waals surface area contributed by atoms with Gasteiger partial charge in [-0.3, -0.25) is 9.59 Å². The predicted octanol–water partition coefficient (Wildman–Crippen LogP) is 0.604. The summed E-state index contributed by atoms with van der Waals surface area (Å²) >= 11 is 0. The van der Waals surface area contributed by atoms with Crippen LogP contribution in [-0.2, 0) is 14.3 Å². The molecule has 2 fully saturated rings. The first-order valence-corrected chi connectivity index (χ1v) is 5.46. The number of rotatable bonds is 2. The average Bonchev–Trinajstić information content (AvgIpc) is 2.45. The second-order valence-corrected chi connectivity index (χ2v) is 4.89. The minimum atomic E-state index is -0.00674. The number of Topliss-reactive ketones (excluding diaryl/α,β-unsaturated/α-hetero) is 1. The first-order valence-electron chi connectivity index (χ1n) is 5.46. The van der Waals surface area contributed by atoms with Gasteiger partial charge < -0.3 is 9.64 Å². The molecule has 0 aliphatic carbocycles. The Morgan fingerprint density at radius 1 is 1.33 bits per heavy atom. The van der Waals surface area contributed by atoms with Crippen molar-refractivity contribution in [2.24, 2.45) is 5.41 Å². The van der Waals surface area contributed by atoms with Gasteiger partial charge in [0.15, 0.2) is 5.78 Å². The molecule has 0 spiro atoms. The number of ether oxygens (including phenoxy) is 1. The Hall–Kier alpha value is -0.900. The van der Waals surface area contributed by atoms with Crippen LogP contribution in [0.3, 0.4) is 0 Å². The van der Waals surface area contributed by atoms with Crippen molar-refractivity contribution in [2.75, 3.05) is 26.3 Å². The van der Waals surface area contributed by atoms with E-state index in [0.29, 0.717) is 13.1 Å². The fourth-order valence-corrected chi connectivity index (χ4v) is 2.26. The van der Waals surface area contributed by atoms with Crippen LogP contribution in [0.4, 0.5) is 0 Å². The van der Waals surface area contributed by atoms with Gasteiger partial charge in [0.05, 0.1) is 13.0 Å². The number of carbonyl (C=O) groups is 2. The van der Waals surface area contributed by atoms with E-state index in [0.717, 1.165) is 26.1 Å². The number of ketones is 1. The molecule has 15 heavy (non-hydrogen) atoms. The zero-order valence-electron chi connectivity index (χ0n) is 9.12. The van der Waals surface area contributed by atoms with E-state index in [1.165, 1.54) is 0 Å².